The van der Waals surface area contributed by atoms with Crippen LogP contribution in [0.4, 0.5) is 5.95 Å². The van der Waals surface area contributed by atoms with Crippen LogP contribution in [0.25, 0.3) is 11.0 Å². The number of rotatable bonds is 10. The second-order valence-electron chi connectivity index (χ2n) is 7.47. The van der Waals surface area contributed by atoms with Crippen molar-refractivity contribution in [2.45, 2.75) is 32.1 Å². The number of anilines is 1. The average molecular weight is 440 g/mol. The lowest BCUT2D eigenvalue weighted by molar-refractivity contribution is -0.146. The third-order valence-electron chi connectivity index (χ3n) is 5.27. The number of H-pyrrole nitrogens is 2. The fourth-order valence-electron chi connectivity index (χ4n) is 3.56. The number of nitrogen functional groups attached to an aromatic ring is 1. The number of aliphatic carboxylic acids is 1. The first kappa shape index (κ1) is 22.7. The molecular weight excluding hydrogens is 416 g/mol. The van der Waals surface area contributed by atoms with Gasteiger partial charge in [-0.3, -0.25) is 24.2 Å². The van der Waals surface area contributed by atoms with Crippen LogP contribution in [0.2, 0.25) is 0 Å². The number of nitrogens with two attached hydrogens (primary N) is 1. The monoisotopic (exact) mass is 440 g/mol. The van der Waals surface area contributed by atoms with E-state index in [1.807, 2.05) is 12.1 Å². The van der Waals surface area contributed by atoms with E-state index in [4.69, 9.17) is 15.6 Å². The number of hydrogen-bond donors (Lipinski definition) is 4. The Morgan fingerprint density at radius 1 is 1.19 bits per heavy atom. The van der Waals surface area contributed by atoms with Crippen molar-refractivity contribution in [1.29, 1.82) is 0 Å². The summed E-state index contributed by atoms with van der Waals surface area (Å²) in [6, 6.07) is 6.97. The molecule has 2 aromatic heterocycles. The summed E-state index contributed by atoms with van der Waals surface area (Å²) in [4.78, 5) is 56.9. The minimum Gasteiger partial charge on any atom is -0.481 e. The average Bonchev–Trinajstić information content (AvgIpc) is 3.17. The third-order valence-corrected chi connectivity index (χ3v) is 5.27. The minimum atomic E-state index is -1.04. The highest BCUT2D eigenvalue weighted by Gasteiger charge is 2.24. The van der Waals surface area contributed by atoms with E-state index in [1.54, 1.807) is 18.3 Å². The van der Waals surface area contributed by atoms with Crippen molar-refractivity contribution in [2.75, 3.05) is 12.8 Å². The molecule has 0 aliphatic rings. The zero-order valence-corrected chi connectivity index (χ0v) is 17.5. The maximum atomic E-state index is 12.6. The van der Waals surface area contributed by atoms with Gasteiger partial charge in [0.25, 0.3) is 5.56 Å². The number of aryl methyl sites for hydroxylation is 2. The van der Waals surface area contributed by atoms with Gasteiger partial charge in [0.2, 0.25) is 5.95 Å². The Labute approximate surface area is 182 Å². The van der Waals surface area contributed by atoms with E-state index in [9.17, 15) is 19.2 Å². The van der Waals surface area contributed by atoms with Gasteiger partial charge in [-0.1, -0.05) is 24.3 Å². The highest BCUT2D eigenvalue weighted by molar-refractivity contribution is 5.98. The lowest BCUT2D eigenvalue weighted by atomic mass is 9.93. The fraction of sp³-hybridized carbons (Fsp3) is 0.318. The molecule has 0 spiro atoms. The normalized spacial score (nSPS) is 11.9. The SMILES string of the molecule is COC(=O)[C@H](CCC(=O)O)CC(=O)c1ccc(CCc2c[nH]c3nc(N)[nH]c(=O)c23)cc1. The topological polar surface area (TPSA) is 168 Å². The van der Waals surface area contributed by atoms with Crippen LogP contribution in [0.15, 0.2) is 35.3 Å². The molecule has 0 saturated carbocycles. The summed E-state index contributed by atoms with van der Waals surface area (Å²) in [6.45, 7) is 0. The number of ether oxygens (including phenoxy) is 1. The number of carboxylic acids is 1. The first-order chi connectivity index (χ1) is 15.3. The smallest absolute Gasteiger partial charge is 0.309 e. The molecule has 0 unspecified atom stereocenters. The fourth-order valence-corrected chi connectivity index (χ4v) is 3.56. The second-order valence-corrected chi connectivity index (χ2v) is 7.47. The molecular formula is C22H24N4O6. The van der Waals surface area contributed by atoms with Gasteiger partial charge in [-0.15, -0.1) is 0 Å². The number of carboxylic acid groups (broad SMARTS) is 1. The predicted octanol–water partition coefficient (Wildman–Crippen LogP) is 1.85. The summed E-state index contributed by atoms with van der Waals surface area (Å²) in [5.41, 5.74) is 7.90. The van der Waals surface area contributed by atoms with E-state index < -0.39 is 17.9 Å². The van der Waals surface area contributed by atoms with E-state index in [1.165, 1.54) is 7.11 Å². The molecule has 5 N–H and O–H groups in total. The summed E-state index contributed by atoms with van der Waals surface area (Å²) >= 11 is 0. The maximum absolute atomic E-state index is 12.6. The van der Waals surface area contributed by atoms with E-state index in [0.29, 0.717) is 29.4 Å². The van der Waals surface area contributed by atoms with Crippen LogP contribution in [0.1, 0.15) is 40.7 Å². The molecule has 0 amide bonds. The molecule has 1 aromatic carbocycles. The van der Waals surface area contributed by atoms with Crippen molar-refractivity contribution >= 4 is 34.7 Å². The lowest BCUT2D eigenvalue weighted by Gasteiger charge is -2.13. The summed E-state index contributed by atoms with van der Waals surface area (Å²) in [5.74, 6) is -2.64. The van der Waals surface area contributed by atoms with Gasteiger partial charge < -0.3 is 20.6 Å². The molecule has 3 rings (SSSR count). The molecule has 10 nitrogen and oxygen atoms in total. The number of esters is 1. The summed E-state index contributed by atoms with van der Waals surface area (Å²) in [5, 5.41) is 9.31. The Morgan fingerprint density at radius 3 is 2.56 bits per heavy atom. The van der Waals surface area contributed by atoms with Crippen molar-refractivity contribution in [3.05, 3.63) is 57.5 Å². The largest absolute Gasteiger partial charge is 0.481 e. The van der Waals surface area contributed by atoms with Gasteiger partial charge in [0.1, 0.15) is 5.65 Å². The Bertz CT molecular complexity index is 1200. The van der Waals surface area contributed by atoms with Crippen LogP contribution in [0.3, 0.4) is 0 Å². The Balaban J connectivity index is 1.64. The quantitative estimate of drug-likeness (QED) is 0.273. The van der Waals surface area contributed by atoms with Crippen molar-refractivity contribution in [2.24, 2.45) is 5.92 Å². The zero-order valence-electron chi connectivity index (χ0n) is 17.5. The molecule has 0 aliphatic heterocycles. The molecule has 10 heteroatoms. The number of carbonyl (C=O) groups is 3. The van der Waals surface area contributed by atoms with Gasteiger partial charge in [-0.2, -0.15) is 4.98 Å². The van der Waals surface area contributed by atoms with E-state index >= 15 is 0 Å². The second kappa shape index (κ2) is 9.90. The maximum Gasteiger partial charge on any atom is 0.309 e. The number of carbonyl (C=O) groups excluding carboxylic acids is 2. The highest BCUT2D eigenvalue weighted by Crippen LogP contribution is 2.19. The van der Waals surface area contributed by atoms with Crippen molar-refractivity contribution in [3.8, 4) is 0 Å². The van der Waals surface area contributed by atoms with E-state index in [2.05, 4.69) is 15.0 Å². The number of ketones is 1. The number of aromatic nitrogens is 3. The lowest BCUT2D eigenvalue weighted by Crippen LogP contribution is -2.21. The molecule has 1 atom stereocenters. The van der Waals surface area contributed by atoms with Gasteiger partial charge >= 0.3 is 11.9 Å². The number of methoxy groups -OCH3 is 1. The molecule has 0 bridgehead atoms. The number of hydrogen-bond acceptors (Lipinski definition) is 7. The standard InChI is InChI=1S/C22H24N4O6/c1-32-21(31)14(8-9-17(28)29)10-16(27)13-5-2-12(3-6-13)4-7-15-11-24-19-18(15)20(30)26-22(23)25-19/h2-3,5-6,11,14H,4,7-10H2,1H3,(H,28,29)(H4,23,24,25,26,30)/t14-/m1/s1. The first-order valence-corrected chi connectivity index (χ1v) is 10.1. The van der Waals surface area contributed by atoms with Crippen molar-refractivity contribution in [1.82, 2.24) is 15.0 Å². The van der Waals surface area contributed by atoms with Crippen LogP contribution in [0.5, 0.6) is 0 Å². The third kappa shape index (κ3) is 5.39. The van der Waals surface area contributed by atoms with Crippen molar-refractivity contribution < 1.29 is 24.2 Å². The summed E-state index contributed by atoms with van der Waals surface area (Å²) < 4.78 is 4.69. The molecule has 0 fully saturated rings. The molecule has 32 heavy (non-hydrogen) atoms. The summed E-state index contributed by atoms with van der Waals surface area (Å²) in [6.07, 6.45) is 2.65. The van der Waals surface area contributed by atoms with Crippen LogP contribution in [-0.4, -0.2) is 44.9 Å². The zero-order chi connectivity index (χ0) is 23.3. The van der Waals surface area contributed by atoms with Crippen LogP contribution < -0.4 is 11.3 Å². The molecule has 3 aromatic rings. The predicted molar refractivity (Wildman–Crippen MR) is 116 cm³/mol. The Kier molecular flexibility index (Phi) is 7.04. The van der Waals surface area contributed by atoms with E-state index in [0.717, 1.165) is 11.1 Å². The Morgan fingerprint density at radius 2 is 1.91 bits per heavy atom. The first-order valence-electron chi connectivity index (χ1n) is 10.1. The highest BCUT2D eigenvalue weighted by atomic mass is 16.5. The number of benzene rings is 1. The number of nitrogens with one attached hydrogen (secondary N) is 2. The number of Topliss-reactive ketones (excluding diaryl/α,β-unsaturated/α-hetero) is 1. The minimum absolute atomic E-state index is 0.0378. The molecule has 0 aliphatic carbocycles. The molecule has 168 valence electrons. The van der Waals surface area contributed by atoms with Gasteiger partial charge in [-0.25, -0.2) is 0 Å². The number of aromatic amines is 2. The summed E-state index contributed by atoms with van der Waals surface area (Å²) in [7, 11) is 1.21. The van der Waals surface area contributed by atoms with Crippen molar-refractivity contribution in [3.63, 3.8) is 0 Å². The Hall–Kier alpha value is -3.95. The van der Waals surface area contributed by atoms with Gasteiger partial charge in [-0.05, 0) is 30.4 Å². The van der Waals surface area contributed by atoms with Crippen LogP contribution >= 0.6 is 0 Å². The number of nitrogens with zero attached hydrogens (tertiary/aromatic N) is 1. The van der Waals surface area contributed by atoms with Crippen LogP contribution in [0, 0.1) is 5.92 Å². The number of fused-ring (bicyclic) bond motifs is 1. The van der Waals surface area contributed by atoms with Crippen LogP contribution in [-0.2, 0) is 27.2 Å². The molecule has 0 radical (unpaired) electrons. The molecule has 0 saturated heterocycles. The van der Waals surface area contributed by atoms with Gasteiger partial charge in [0.15, 0.2) is 5.78 Å². The van der Waals surface area contributed by atoms with Gasteiger partial charge in [0, 0.05) is 24.6 Å². The molecule has 2 heterocycles. The van der Waals surface area contributed by atoms with Gasteiger partial charge in [0.05, 0.1) is 18.4 Å². The van der Waals surface area contributed by atoms with E-state index in [-0.39, 0.29) is 36.6 Å².